The zero-order valence-electron chi connectivity index (χ0n) is 10.2. The first-order valence-electron chi connectivity index (χ1n) is 5.32. The number of rotatable bonds is 4. The molecular formula is C12H16N2O2S. The molecule has 0 radical (unpaired) electrons. The first kappa shape index (κ1) is 13.7. The summed E-state index contributed by atoms with van der Waals surface area (Å²) >= 11 is 1.42. The van der Waals surface area contributed by atoms with E-state index >= 15 is 0 Å². The van der Waals surface area contributed by atoms with Crippen LogP contribution < -0.4 is 5.32 Å². The van der Waals surface area contributed by atoms with Gasteiger partial charge in [0, 0.05) is 11.4 Å². The van der Waals surface area contributed by atoms with E-state index in [-0.39, 0.29) is 12.5 Å². The van der Waals surface area contributed by atoms with Crippen LogP contribution in [0.4, 0.5) is 0 Å². The van der Waals surface area contributed by atoms with Gasteiger partial charge in [0.2, 0.25) is 0 Å². The summed E-state index contributed by atoms with van der Waals surface area (Å²) in [6.45, 7) is 6.26. The van der Waals surface area contributed by atoms with Gasteiger partial charge >= 0.3 is 5.97 Å². The van der Waals surface area contributed by atoms with Crippen molar-refractivity contribution in [1.29, 1.82) is 5.26 Å². The maximum atomic E-state index is 11.4. The lowest BCUT2D eigenvalue weighted by molar-refractivity contribution is -0.153. The Morgan fingerprint density at radius 1 is 1.53 bits per heavy atom. The van der Waals surface area contributed by atoms with Crippen molar-refractivity contribution in [2.24, 2.45) is 0 Å². The Morgan fingerprint density at radius 2 is 2.24 bits per heavy atom. The van der Waals surface area contributed by atoms with Crippen molar-refractivity contribution in [3.8, 4) is 6.07 Å². The molecule has 0 aliphatic rings. The number of nitriles is 1. The molecule has 1 aromatic heterocycles. The number of carbonyl (C=O) groups excluding carboxylic acids is 1. The molecule has 92 valence electrons. The second kappa shape index (κ2) is 5.80. The lowest BCUT2D eigenvalue weighted by atomic mass is 10.2. The molecule has 5 heteroatoms. The highest BCUT2D eigenvalue weighted by Gasteiger charge is 2.15. The number of carbonyl (C=O) groups is 1. The van der Waals surface area contributed by atoms with Crippen LogP contribution in [0.1, 0.15) is 30.5 Å². The van der Waals surface area contributed by atoms with Crippen LogP contribution >= 0.6 is 11.3 Å². The van der Waals surface area contributed by atoms with Crippen LogP contribution in [0.25, 0.3) is 0 Å². The second-order valence-corrected chi connectivity index (χ2v) is 5.74. The minimum Gasteiger partial charge on any atom is -0.459 e. The van der Waals surface area contributed by atoms with E-state index in [1.165, 1.54) is 11.3 Å². The van der Waals surface area contributed by atoms with Gasteiger partial charge in [-0.25, -0.2) is 0 Å². The maximum Gasteiger partial charge on any atom is 0.320 e. The lowest BCUT2D eigenvalue weighted by Gasteiger charge is -2.19. The molecule has 0 aliphatic heterocycles. The third-order valence-corrected chi connectivity index (χ3v) is 2.75. The van der Waals surface area contributed by atoms with Gasteiger partial charge in [-0.15, -0.1) is 11.3 Å². The minimum atomic E-state index is -0.449. The number of nitrogens with zero attached hydrogens (tertiary/aromatic N) is 1. The van der Waals surface area contributed by atoms with Crippen LogP contribution in [0.3, 0.4) is 0 Å². The fourth-order valence-corrected chi connectivity index (χ4v) is 1.97. The summed E-state index contributed by atoms with van der Waals surface area (Å²) in [5.41, 5.74) is -0.449. The molecular weight excluding hydrogens is 236 g/mol. The Balaban J connectivity index is 2.29. The average Bonchev–Trinajstić information content (AvgIpc) is 2.63. The highest BCUT2D eigenvalue weighted by molar-refractivity contribution is 7.12. The zero-order valence-corrected chi connectivity index (χ0v) is 11.1. The van der Waals surface area contributed by atoms with Gasteiger partial charge in [-0.3, -0.25) is 4.79 Å². The molecule has 4 nitrogen and oxygen atoms in total. The summed E-state index contributed by atoms with van der Waals surface area (Å²) in [5, 5.41) is 11.6. The summed E-state index contributed by atoms with van der Waals surface area (Å²) in [5.74, 6) is -0.269. The molecule has 0 fully saturated rings. The fraction of sp³-hybridized carbons (Fsp3) is 0.500. The van der Waals surface area contributed by atoms with Crippen molar-refractivity contribution >= 4 is 17.3 Å². The van der Waals surface area contributed by atoms with Crippen molar-refractivity contribution < 1.29 is 9.53 Å². The molecule has 0 atom stereocenters. The van der Waals surface area contributed by atoms with E-state index in [2.05, 4.69) is 11.4 Å². The highest BCUT2D eigenvalue weighted by Crippen LogP contribution is 2.14. The van der Waals surface area contributed by atoms with Crippen LogP contribution in [-0.4, -0.2) is 18.1 Å². The molecule has 1 aromatic rings. The van der Waals surface area contributed by atoms with E-state index in [1.807, 2.05) is 26.8 Å². The molecule has 0 saturated heterocycles. The average molecular weight is 252 g/mol. The molecule has 0 amide bonds. The summed E-state index contributed by atoms with van der Waals surface area (Å²) < 4.78 is 5.15. The van der Waals surface area contributed by atoms with Crippen molar-refractivity contribution in [3.63, 3.8) is 0 Å². The summed E-state index contributed by atoms with van der Waals surface area (Å²) in [6, 6.07) is 5.73. The zero-order chi connectivity index (χ0) is 12.9. The van der Waals surface area contributed by atoms with Crippen molar-refractivity contribution in [2.75, 3.05) is 6.54 Å². The molecule has 1 N–H and O–H groups in total. The van der Waals surface area contributed by atoms with E-state index in [0.717, 1.165) is 4.88 Å². The van der Waals surface area contributed by atoms with Crippen molar-refractivity contribution in [2.45, 2.75) is 32.9 Å². The number of nitrogens with one attached hydrogen (secondary N) is 1. The van der Waals surface area contributed by atoms with E-state index in [0.29, 0.717) is 11.4 Å². The number of ether oxygens (including phenoxy) is 1. The smallest absolute Gasteiger partial charge is 0.320 e. The van der Waals surface area contributed by atoms with E-state index in [4.69, 9.17) is 10.00 Å². The van der Waals surface area contributed by atoms with E-state index in [9.17, 15) is 4.79 Å². The maximum absolute atomic E-state index is 11.4. The first-order valence-corrected chi connectivity index (χ1v) is 6.14. The Bertz CT molecular complexity index is 426. The predicted octanol–water partition coefficient (Wildman–Crippen LogP) is 2.05. The molecule has 0 aromatic carbocycles. The number of thiophene rings is 1. The Morgan fingerprint density at radius 3 is 2.76 bits per heavy atom. The second-order valence-electron chi connectivity index (χ2n) is 4.57. The Labute approximate surface area is 105 Å². The minimum absolute atomic E-state index is 0.178. The Hall–Kier alpha value is -1.38. The van der Waals surface area contributed by atoms with Gasteiger partial charge in [0.1, 0.15) is 16.5 Å². The summed E-state index contributed by atoms with van der Waals surface area (Å²) in [4.78, 5) is 13.1. The molecule has 17 heavy (non-hydrogen) atoms. The van der Waals surface area contributed by atoms with Gasteiger partial charge in [-0.1, -0.05) is 0 Å². The van der Waals surface area contributed by atoms with Crippen LogP contribution in [0, 0.1) is 11.3 Å². The quantitative estimate of drug-likeness (QED) is 0.833. The van der Waals surface area contributed by atoms with Crippen LogP contribution in [0.5, 0.6) is 0 Å². The van der Waals surface area contributed by atoms with Crippen molar-refractivity contribution in [3.05, 3.63) is 21.9 Å². The Kier molecular flexibility index (Phi) is 4.67. The molecule has 0 aliphatic carbocycles. The molecule has 0 bridgehead atoms. The van der Waals surface area contributed by atoms with E-state index < -0.39 is 5.60 Å². The monoisotopic (exact) mass is 252 g/mol. The topological polar surface area (TPSA) is 62.1 Å². The van der Waals surface area contributed by atoms with Gasteiger partial charge in [0.25, 0.3) is 0 Å². The van der Waals surface area contributed by atoms with E-state index in [1.54, 1.807) is 6.07 Å². The number of esters is 1. The van der Waals surface area contributed by atoms with Gasteiger partial charge in [-0.05, 0) is 32.9 Å². The van der Waals surface area contributed by atoms with Gasteiger partial charge < -0.3 is 10.1 Å². The first-order chi connectivity index (χ1) is 7.90. The highest BCUT2D eigenvalue weighted by atomic mass is 32.1. The largest absolute Gasteiger partial charge is 0.459 e. The SMILES string of the molecule is CC(C)(C)OC(=O)CNCc1ccc(C#N)s1. The number of hydrogen-bond donors (Lipinski definition) is 1. The molecule has 1 heterocycles. The molecule has 0 unspecified atom stereocenters. The molecule has 1 rings (SSSR count). The fourth-order valence-electron chi connectivity index (χ4n) is 1.20. The van der Waals surface area contributed by atoms with Crippen LogP contribution in [-0.2, 0) is 16.1 Å². The van der Waals surface area contributed by atoms with Crippen molar-refractivity contribution in [1.82, 2.24) is 5.32 Å². The van der Waals surface area contributed by atoms with Gasteiger partial charge in [0.15, 0.2) is 0 Å². The predicted molar refractivity (Wildman–Crippen MR) is 66.6 cm³/mol. The third kappa shape index (κ3) is 5.48. The summed E-state index contributed by atoms with van der Waals surface area (Å²) in [7, 11) is 0. The van der Waals surface area contributed by atoms with Gasteiger partial charge in [0.05, 0.1) is 6.54 Å². The number of hydrogen-bond acceptors (Lipinski definition) is 5. The van der Waals surface area contributed by atoms with Crippen LogP contribution in [0.15, 0.2) is 12.1 Å². The molecule has 0 spiro atoms. The third-order valence-electron chi connectivity index (χ3n) is 1.76. The summed E-state index contributed by atoms with van der Waals surface area (Å²) in [6.07, 6.45) is 0. The normalized spacial score (nSPS) is 10.9. The van der Waals surface area contributed by atoms with Gasteiger partial charge in [-0.2, -0.15) is 5.26 Å². The lowest BCUT2D eigenvalue weighted by Crippen LogP contribution is -2.31. The standard InChI is InChI=1S/C12H16N2O2S/c1-12(2,3)16-11(15)8-14-7-10-5-4-9(6-13)17-10/h4-5,14H,7-8H2,1-3H3. The van der Waals surface area contributed by atoms with Crippen LogP contribution in [0.2, 0.25) is 0 Å². The molecule has 0 saturated carbocycles.